The van der Waals surface area contributed by atoms with Gasteiger partial charge in [0.25, 0.3) is 5.91 Å². The van der Waals surface area contributed by atoms with Gasteiger partial charge in [-0.3, -0.25) is 9.78 Å². The number of likely N-dealkylation sites (tertiary alicyclic amines) is 1. The summed E-state index contributed by atoms with van der Waals surface area (Å²) in [5, 5.41) is 0. The molecule has 2 rings (SSSR count). The molecule has 0 bridgehead atoms. The molecule has 0 spiro atoms. The van der Waals surface area contributed by atoms with E-state index in [-0.39, 0.29) is 5.91 Å². The van der Waals surface area contributed by atoms with Gasteiger partial charge < -0.3 is 4.90 Å². The van der Waals surface area contributed by atoms with Crippen LogP contribution in [0.2, 0.25) is 0 Å². The van der Waals surface area contributed by atoms with Crippen LogP contribution in [0.3, 0.4) is 0 Å². The topological polar surface area (TPSA) is 33.2 Å². The third-order valence-electron chi connectivity index (χ3n) is 3.22. The Morgan fingerprint density at radius 2 is 2.25 bits per heavy atom. The van der Waals surface area contributed by atoms with Gasteiger partial charge in [0.15, 0.2) is 0 Å². The highest BCUT2D eigenvalue weighted by Gasteiger charge is 2.24. The van der Waals surface area contributed by atoms with E-state index in [4.69, 9.17) is 0 Å². The maximum Gasteiger partial charge on any atom is 0.255 e. The first kappa shape index (κ1) is 11.1. The second kappa shape index (κ2) is 4.64. The zero-order valence-corrected chi connectivity index (χ0v) is 9.94. The molecule has 1 unspecified atom stereocenters. The van der Waals surface area contributed by atoms with Crippen molar-refractivity contribution in [2.45, 2.75) is 39.2 Å². The molecule has 0 aliphatic carbocycles. The second-order valence-corrected chi connectivity index (χ2v) is 4.53. The van der Waals surface area contributed by atoms with Gasteiger partial charge in [-0.2, -0.15) is 0 Å². The molecule has 3 heteroatoms. The molecule has 1 fully saturated rings. The van der Waals surface area contributed by atoms with Crippen LogP contribution in [0.15, 0.2) is 18.3 Å². The van der Waals surface area contributed by atoms with E-state index in [1.54, 1.807) is 6.20 Å². The van der Waals surface area contributed by atoms with E-state index >= 15 is 0 Å². The van der Waals surface area contributed by atoms with Crippen molar-refractivity contribution in [2.75, 3.05) is 6.54 Å². The molecule has 1 saturated heterocycles. The molecule has 86 valence electrons. The van der Waals surface area contributed by atoms with Crippen LogP contribution in [0.4, 0.5) is 0 Å². The molecule has 1 aliphatic rings. The molecule has 1 aromatic heterocycles. The van der Waals surface area contributed by atoms with Gasteiger partial charge in [0.05, 0.1) is 5.56 Å². The van der Waals surface area contributed by atoms with Crippen molar-refractivity contribution in [3.63, 3.8) is 0 Å². The van der Waals surface area contributed by atoms with Gasteiger partial charge >= 0.3 is 0 Å². The van der Waals surface area contributed by atoms with Gasteiger partial charge in [0, 0.05) is 24.5 Å². The Bertz CT molecular complexity index is 372. The summed E-state index contributed by atoms with van der Waals surface area (Å²) in [6, 6.07) is 4.12. The lowest BCUT2D eigenvalue weighted by Crippen LogP contribution is -2.42. The number of piperidine rings is 1. The molecule has 1 amide bonds. The summed E-state index contributed by atoms with van der Waals surface area (Å²) in [4.78, 5) is 18.3. The summed E-state index contributed by atoms with van der Waals surface area (Å²) < 4.78 is 0. The predicted molar refractivity (Wildman–Crippen MR) is 63.3 cm³/mol. The van der Waals surface area contributed by atoms with Crippen LogP contribution in [-0.4, -0.2) is 28.4 Å². The van der Waals surface area contributed by atoms with Crippen LogP contribution in [0, 0.1) is 6.92 Å². The van der Waals surface area contributed by atoms with E-state index < -0.39 is 0 Å². The summed E-state index contributed by atoms with van der Waals surface area (Å²) in [7, 11) is 0. The maximum atomic E-state index is 12.2. The highest BCUT2D eigenvalue weighted by Crippen LogP contribution is 2.18. The van der Waals surface area contributed by atoms with Gasteiger partial charge in [-0.25, -0.2) is 0 Å². The Hall–Kier alpha value is -1.38. The van der Waals surface area contributed by atoms with Crippen LogP contribution in [0.1, 0.15) is 42.2 Å². The normalized spacial score (nSPS) is 20.9. The lowest BCUT2D eigenvalue weighted by atomic mass is 10.0. The molecule has 0 saturated carbocycles. The molecule has 0 aromatic carbocycles. The Morgan fingerprint density at radius 3 is 2.88 bits per heavy atom. The van der Waals surface area contributed by atoms with Crippen LogP contribution in [0.5, 0.6) is 0 Å². The summed E-state index contributed by atoms with van der Waals surface area (Å²) in [6.07, 6.45) is 5.15. The first-order chi connectivity index (χ1) is 7.68. The smallest absolute Gasteiger partial charge is 0.255 e. The molecular formula is C13H18N2O. The van der Waals surface area contributed by atoms with E-state index in [1.165, 1.54) is 6.42 Å². The first-order valence-corrected chi connectivity index (χ1v) is 5.92. The number of aromatic nitrogens is 1. The number of hydrogen-bond acceptors (Lipinski definition) is 2. The number of amides is 1. The van der Waals surface area contributed by atoms with Crippen molar-refractivity contribution < 1.29 is 4.79 Å². The highest BCUT2D eigenvalue weighted by atomic mass is 16.2. The standard InChI is InChI=1S/C13H18N2O/c1-10-6-7-12(9-14-10)13(16)15-8-4-3-5-11(15)2/h6-7,9,11H,3-5,8H2,1-2H3. The maximum absolute atomic E-state index is 12.2. The number of carbonyl (C=O) groups is 1. The monoisotopic (exact) mass is 218 g/mol. The lowest BCUT2D eigenvalue weighted by molar-refractivity contribution is 0.0635. The molecule has 3 nitrogen and oxygen atoms in total. The summed E-state index contributed by atoms with van der Waals surface area (Å²) in [5.74, 6) is 0.125. The highest BCUT2D eigenvalue weighted by molar-refractivity contribution is 5.94. The third kappa shape index (κ3) is 2.23. The van der Waals surface area contributed by atoms with Crippen molar-refractivity contribution in [2.24, 2.45) is 0 Å². The minimum atomic E-state index is 0.125. The average Bonchev–Trinajstić information content (AvgIpc) is 2.30. The van der Waals surface area contributed by atoms with Crippen molar-refractivity contribution >= 4 is 5.91 Å². The fraction of sp³-hybridized carbons (Fsp3) is 0.538. The van der Waals surface area contributed by atoms with Crippen LogP contribution < -0.4 is 0 Å². The number of hydrogen-bond donors (Lipinski definition) is 0. The minimum absolute atomic E-state index is 0.125. The zero-order chi connectivity index (χ0) is 11.5. The number of nitrogens with zero attached hydrogens (tertiary/aromatic N) is 2. The lowest BCUT2D eigenvalue weighted by Gasteiger charge is -2.33. The van der Waals surface area contributed by atoms with Gasteiger partial charge in [0.2, 0.25) is 0 Å². The SMILES string of the molecule is Cc1ccc(C(=O)N2CCCCC2C)cn1. The molecule has 2 heterocycles. The zero-order valence-electron chi connectivity index (χ0n) is 9.94. The fourth-order valence-electron chi connectivity index (χ4n) is 2.16. The van der Waals surface area contributed by atoms with Crippen LogP contribution >= 0.6 is 0 Å². The van der Waals surface area contributed by atoms with E-state index in [0.29, 0.717) is 11.6 Å². The molecule has 0 N–H and O–H groups in total. The number of pyridine rings is 1. The molecule has 16 heavy (non-hydrogen) atoms. The van der Waals surface area contributed by atoms with Gasteiger partial charge in [-0.1, -0.05) is 0 Å². The van der Waals surface area contributed by atoms with E-state index in [9.17, 15) is 4.79 Å². The molecule has 1 atom stereocenters. The Kier molecular flexibility index (Phi) is 3.22. The number of rotatable bonds is 1. The molecule has 1 aliphatic heterocycles. The number of aryl methyl sites for hydroxylation is 1. The van der Waals surface area contributed by atoms with Crippen molar-refractivity contribution in [3.8, 4) is 0 Å². The van der Waals surface area contributed by atoms with E-state index in [2.05, 4.69) is 11.9 Å². The summed E-state index contributed by atoms with van der Waals surface area (Å²) in [6.45, 7) is 4.93. The Labute approximate surface area is 96.5 Å². The first-order valence-electron chi connectivity index (χ1n) is 5.92. The summed E-state index contributed by atoms with van der Waals surface area (Å²) >= 11 is 0. The van der Waals surface area contributed by atoms with E-state index in [1.807, 2.05) is 24.0 Å². The van der Waals surface area contributed by atoms with Crippen molar-refractivity contribution in [1.82, 2.24) is 9.88 Å². The molecular weight excluding hydrogens is 200 g/mol. The van der Waals surface area contributed by atoms with Crippen molar-refractivity contribution in [3.05, 3.63) is 29.6 Å². The second-order valence-electron chi connectivity index (χ2n) is 4.53. The molecule has 0 radical (unpaired) electrons. The average molecular weight is 218 g/mol. The van der Waals surface area contributed by atoms with Crippen LogP contribution in [-0.2, 0) is 0 Å². The fourth-order valence-corrected chi connectivity index (χ4v) is 2.16. The van der Waals surface area contributed by atoms with Gasteiger partial charge in [-0.05, 0) is 45.2 Å². The Balaban J connectivity index is 2.14. The predicted octanol–water partition coefficient (Wildman–Crippen LogP) is 2.40. The van der Waals surface area contributed by atoms with Gasteiger partial charge in [0.1, 0.15) is 0 Å². The molecule has 1 aromatic rings. The van der Waals surface area contributed by atoms with E-state index in [0.717, 1.165) is 25.1 Å². The third-order valence-corrected chi connectivity index (χ3v) is 3.22. The van der Waals surface area contributed by atoms with Crippen molar-refractivity contribution in [1.29, 1.82) is 0 Å². The quantitative estimate of drug-likeness (QED) is 0.725. The number of carbonyl (C=O) groups excluding carboxylic acids is 1. The largest absolute Gasteiger partial charge is 0.336 e. The van der Waals surface area contributed by atoms with Crippen LogP contribution in [0.25, 0.3) is 0 Å². The summed E-state index contributed by atoms with van der Waals surface area (Å²) in [5.41, 5.74) is 1.66. The van der Waals surface area contributed by atoms with Gasteiger partial charge in [-0.15, -0.1) is 0 Å². The Morgan fingerprint density at radius 1 is 1.44 bits per heavy atom. The minimum Gasteiger partial charge on any atom is -0.336 e.